The second kappa shape index (κ2) is 7.25. The molecule has 0 saturated carbocycles. The summed E-state index contributed by atoms with van der Waals surface area (Å²) in [4.78, 5) is 2.71. The molecule has 0 aliphatic rings. The first kappa shape index (κ1) is 15.5. The van der Waals surface area contributed by atoms with Gasteiger partial charge in [-0.25, -0.2) is 0 Å². The van der Waals surface area contributed by atoms with E-state index in [1.165, 1.54) is 19.8 Å². The molecule has 0 radical (unpaired) electrons. The fourth-order valence-electron chi connectivity index (χ4n) is 2.17. The summed E-state index contributed by atoms with van der Waals surface area (Å²) in [5.74, 6) is 0.906. The summed E-state index contributed by atoms with van der Waals surface area (Å²) in [5, 5.41) is 3.57. The Morgan fingerprint density at radius 2 is 2.00 bits per heavy atom. The van der Waals surface area contributed by atoms with Crippen molar-refractivity contribution in [2.24, 2.45) is 0 Å². The number of rotatable bonds is 6. The average Bonchev–Trinajstić information content (AvgIpc) is 2.79. The summed E-state index contributed by atoms with van der Waals surface area (Å²) in [6.45, 7) is 5.26. The third-order valence-corrected chi connectivity index (χ3v) is 5.52. The van der Waals surface area contributed by atoms with E-state index in [1.807, 2.05) is 23.5 Å². The number of nitrogens with one attached hydrogen (secondary N) is 1. The molecule has 1 atom stereocenters. The highest BCUT2D eigenvalue weighted by Gasteiger charge is 2.15. The first-order chi connectivity index (χ1) is 9.63. The molecular formula is C16H20BrNOS. The smallest absolute Gasteiger partial charge is 0.118 e. The lowest BCUT2D eigenvalue weighted by Crippen LogP contribution is -2.22. The Labute approximate surface area is 133 Å². The summed E-state index contributed by atoms with van der Waals surface area (Å²) in [5.41, 5.74) is 1.32. The number of methoxy groups -OCH3 is 1. The Morgan fingerprint density at radius 1 is 1.30 bits per heavy atom. The van der Waals surface area contributed by atoms with E-state index < -0.39 is 0 Å². The number of halogens is 1. The maximum absolute atomic E-state index is 5.21. The highest BCUT2D eigenvalue weighted by atomic mass is 79.9. The summed E-state index contributed by atoms with van der Waals surface area (Å²) in [6.07, 6.45) is 0.990. The first-order valence-electron chi connectivity index (χ1n) is 6.76. The molecule has 0 amide bonds. The lowest BCUT2D eigenvalue weighted by molar-refractivity contribution is 0.414. The molecule has 4 heteroatoms. The van der Waals surface area contributed by atoms with Gasteiger partial charge in [0.25, 0.3) is 0 Å². The van der Waals surface area contributed by atoms with Crippen LogP contribution in [0.15, 0.2) is 34.8 Å². The normalized spacial score (nSPS) is 12.4. The van der Waals surface area contributed by atoms with Crippen LogP contribution in [0, 0.1) is 6.92 Å². The average molecular weight is 354 g/mol. The Morgan fingerprint density at radius 3 is 2.50 bits per heavy atom. The highest BCUT2D eigenvalue weighted by molar-refractivity contribution is 9.10. The molecule has 0 spiro atoms. The van der Waals surface area contributed by atoms with Crippen molar-refractivity contribution >= 4 is 27.3 Å². The lowest BCUT2D eigenvalue weighted by atomic mass is 10.0. The van der Waals surface area contributed by atoms with Gasteiger partial charge in [-0.05, 0) is 59.6 Å². The molecule has 2 nitrogen and oxygen atoms in total. The number of ether oxygens (including phenoxy) is 1. The molecule has 0 aliphatic heterocycles. The van der Waals surface area contributed by atoms with Crippen LogP contribution in [0.25, 0.3) is 0 Å². The van der Waals surface area contributed by atoms with Gasteiger partial charge in [0, 0.05) is 20.3 Å². The van der Waals surface area contributed by atoms with Crippen molar-refractivity contribution in [3.63, 3.8) is 0 Å². The predicted molar refractivity (Wildman–Crippen MR) is 89.9 cm³/mol. The van der Waals surface area contributed by atoms with Crippen LogP contribution in [-0.4, -0.2) is 13.7 Å². The van der Waals surface area contributed by atoms with Gasteiger partial charge in [0.15, 0.2) is 0 Å². The molecule has 20 heavy (non-hydrogen) atoms. The van der Waals surface area contributed by atoms with Crippen LogP contribution in [0.3, 0.4) is 0 Å². The summed E-state index contributed by atoms with van der Waals surface area (Å²) in [7, 11) is 1.70. The minimum atomic E-state index is 0.364. The maximum atomic E-state index is 5.21. The van der Waals surface area contributed by atoms with E-state index >= 15 is 0 Å². The van der Waals surface area contributed by atoms with E-state index in [-0.39, 0.29) is 0 Å². The molecule has 1 N–H and O–H groups in total. The fraction of sp³-hybridized carbons (Fsp3) is 0.375. The lowest BCUT2D eigenvalue weighted by Gasteiger charge is -2.16. The van der Waals surface area contributed by atoms with Gasteiger partial charge in [-0.15, -0.1) is 11.3 Å². The third-order valence-electron chi connectivity index (χ3n) is 3.27. The van der Waals surface area contributed by atoms with Crippen LogP contribution in [0.1, 0.15) is 28.3 Å². The van der Waals surface area contributed by atoms with Crippen molar-refractivity contribution in [2.45, 2.75) is 26.3 Å². The second-order valence-corrected chi connectivity index (χ2v) is 6.86. The number of thiophene rings is 1. The van der Waals surface area contributed by atoms with Crippen LogP contribution in [0.2, 0.25) is 0 Å². The van der Waals surface area contributed by atoms with Gasteiger partial charge < -0.3 is 10.1 Å². The molecular weight excluding hydrogens is 334 g/mol. The monoisotopic (exact) mass is 353 g/mol. The van der Waals surface area contributed by atoms with Crippen molar-refractivity contribution in [2.75, 3.05) is 13.7 Å². The van der Waals surface area contributed by atoms with Crippen molar-refractivity contribution in [1.82, 2.24) is 5.32 Å². The van der Waals surface area contributed by atoms with E-state index in [2.05, 4.69) is 53.3 Å². The van der Waals surface area contributed by atoms with E-state index in [0.717, 1.165) is 18.7 Å². The van der Waals surface area contributed by atoms with Gasteiger partial charge in [0.2, 0.25) is 0 Å². The van der Waals surface area contributed by atoms with Crippen LogP contribution < -0.4 is 10.1 Å². The van der Waals surface area contributed by atoms with Crippen LogP contribution in [0.4, 0.5) is 0 Å². The predicted octanol–water partition coefficient (Wildman–Crippen LogP) is 4.72. The minimum Gasteiger partial charge on any atom is -0.497 e. The molecule has 108 valence electrons. The second-order valence-electron chi connectivity index (χ2n) is 4.72. The van der Waals surface area contributed by atoms with E-state index in [4.69, 9.17) is 4.74 Å². The van der Waals surface area contributed by atoms with E-state index in [9.17, 15) is 0 Å². The Balaban J connectivity index is 2.15. The molecule has 1 aromatic heterocycles. The topological polar surface area (TPSA) is 21.3 Å². The largest absolute Gasteiger partial charge is 0.497 e. The molecule has 1 heterocycles. The summed E-state index contributed by atoms with van der Waals surface area (Å²) < 4.78 is 6.41. The van der Waals surface area contributed by atoms with Crippen molar-refractivity contribution in [1.29, 1.82) is 0 Å². The molecule has 0 aliphatic carbocycles. The van der Waals surface area contributed by atoms with Gasteiger partial charge in [-0.1, -0.05) is 19.1 Å². The van der Waals surface area contributed by atoms with E-state index in [1.54, 1.807) is 7.11 Å². The number of hydrogen-bond donors (Lipinski definition) is 1. The molecule has 0 saturated heterocycles. The SMILES string of the molecule is CCNC(Cc1ccc(OC)cc1)c1cc(Br)c(C)s1. The van der Waals surface area contributed by atoms with Crippen LogP contribution in [-0.2, 0) is 6.42 Å². The van der Waals surface area contributed by atoms with Gasteiger partial charge >= 0.3 is 0 Å². The Bertz CT molecular complexity index is 531. The van der Waals surface area contributed by atoms with Crippen molar-refractivity contribution in [3.05, 3.63) is 50.1 Å². The van der Waals surface area contributed by atoms with Gasteiger partial charge in [-0.2, -0.15) is 0 Å². The molecule has 2 rings (SSSR count). The summed E-state index contributed by atoms with van der Waals surface area (Å²) in [6, 6.07) is 10.9. The molecule has 1 aromatic carbocycles. The minimum absolute atomic E-state index is 0.364. The number of aryl methyl sites for hydroxylation is 1. The summed E-state index contributed by atoms with van der Waals surface area (Å²) >= 11 is 5.46. The van der Waals surface area contributed by atoms with Crippen molar-refractivity contribution < 1.29 is 4.74 Å². The van der Waals surface area contributed by atoms with Gasteiger partial charge in [-0.3, -0.25) is 0 Å². The maximum Gasteiger partial charge on any atom is 0.118 e. The zero-order valence-electron chi connectivity index (χ0n) is 12.1. The first-order valence-corrected chi connectivity index (χ1v) is 8.37. The van der Waals surface area contributed by atoms with E-state index in [0.29, 0.717) is 6.04 Å². The van der Waals surface area contributed by atoms with Crippen LogP contribution in [0.5, 0.6) is 5.75 Å². The zero-order valence-corrected chi connectivity index (χ0v) is 14.5. The van der Waals surface area contributed by atoms with Crippen molar-refractivity contribution in [3.8, 4) is 5.75 Å². The Kier molecular flexibility index (Phi) is 5.64. The standard InChI is InChI=1S/C16H20BrNOS/c1-4-18-15(16-10-14(17)11(2)20-16)9-12-5-7-13(19-3)8-6-12/h5-8,10,15,18H,4,9H2,1-3H3. The fourth-order valence-corrected chi connectivity index (χ4v) is 3.81. The third kappa shape index (κ3) is 3.84. The zero-order chi connectivity index (χ0) is 14.5. The Hall–Kier alpha value is -0.840. The van der Waals surface area contributed by atoms with Gasteiger partial charge in [0.1, 0.15) is 5.75 Å². The molecule has 0 fully saturated rings. The molecule has 2 aromatic rings. The van der Waals surface area contributed by atoms with Crippen LogP contribution >= 0.6 is 27.3 Å². The molecule has 1 unspecified atom stereocenters. The quantitative estimate of drug-likeness (QED) is 0.810. The van der Waals surface area contributed by atoms with Gasteiger partial charge in [0.05, 0.1) is 7.11 Å². The number of benzene rings is 1. The molecule has 0 bridgehead atoms. The highest BCUT2D eigenvalue weighted by Crippen LogP contribution is 2.32. The number of likely N-dealkylation sites (N-methyl/N-ethyl adjacent to an activating group) is 1. The number of hydrogen-bond acceptors (Lipinski definition) is 3.